The van der Waals surface area contributed by atoms with E-state index >= 15 is 0 Å². The highest BCUT2D eigenvalue weighted by Gasteiger charge is 2.30. The van der Waals surface area contributed by atoms with Gasteiger partial charge in [0.05, 0.1) is 18.5 Å². The number of benzene rings is 3. The standard InChI is InChI=1S/C21H21N3O2/c25-16-11-12-17(18(26)13-16)21-23-19(14-7-3-1-4-8-14)22-20(24-21)15-9-5-2-6-10-15/h1-13,19-26H. The van der Waals surface area contributed by atoms with Gasteiger partial charge in [-0.25, -0.2) is 0 Å². The van der Waals surface area contributed by atoms with Gasteiger partial charge in [0.15, 0.2) is 0 Å². The zero-order valence-electron chi connectivity index (χ0n) is 14.1. The number of nitrogens with one attached hydrogen (secondary N) is 3. The molecule has 0 aliphatic carbocycles. The Hall–Kier alpha value is -2.86. The van der Waals surface area contributed by atoms with Gasteiger partial charge in [-0.15, -0.1) is 0 Å². The van der Waals surface area contributed by atoms with Gasteiger partial charge in [-0.3, -0.25) is 16.0 Å². The molecular weight excluding hydrogens is 326 g/mol. The van der Waals surface area contributed by atoms with Gasteiger partial charge in [-0.1, -0.05) is 60.7 Å². The van der Waals surface area contributed by atoms with Crippen LogP contribution >= 0.6 is 0 Å². The van der Waals surface area contributed by atoms with Crippen molar-refractivity contribution in [3.05, 3.63) is 95.6 Å². The van der Waals surface area contributed by atoms with Gasteiger partial charge in [0.25, 0.3) is 0 Å². The van der Waals surface area contributed by atoms with Gasteiger partial charge in [0.1, 0.15) is 11.5 Å². The molecule has 1 heterocycles. The van der Waals surface area contributed by atoms with Gasteiger partial charge in [0.2, 0.25) is 0 Å². The SMILES string of the molecule is Oc1ccc(C2NC(c3ccccc3)NC(c3ccccc3)N2)c(O)c1. The summed E-state index contributed by atoms with van der Waals surface area (Å²) in [4.78, 5) is 0. The third-order valence-electron chi connectivity index (χ3n) is 4.59. The second kappa shape index (κ2) is 7.17. The fraction of sp³-hybridized carbons (Fsp3) is 0.143. The number of aromatic hydroxyl groups is 2. The van der Waals surface area contributed by atoms with Gasteiger partial charge in [-0.2, -0.15) is 0 Å². The van der Waals surface area contributed by atoms with Crippen LogP contribution in [0.25, 0.3) is 0 Å². The molecule has 1 fully saturated rings. The molecule has 0 aromatic heterocycles. The van der Waals surface area contributed by atoms with E-state index in [-0.39, 0.29) is 30.0 Å². The molecule has 5 nitrogen and oxygen atoms in total. The van der Waals surface area contributed by atoms with Crippen LogP contribution in [0, 0.1) is 0 Å². The number of rotatable bonds is 3. The Labute approximate surface area is 152 Å². The van der Waals surface area contributed by atoms with Crippen molar-refractivity contribution in [3.63, 3.8) is 0 Å². The molecule has 0 bridgehead atoms. The average molecular weight is 347 g/mol. The highest BCUT2D eigenvalue weighted by Crippen LogP contribution is 2.32. The molecule has 132 valence electrons. The molecule has 5 N–H and O–H groups in total. The summed E-state index contributed by atoms with van der Waals surface area (Å²) in [5.74, 6) is 0.0925. The molecule has 3 aromatic rings. The molecule has 1 aliphatic heterocycles. The Kier molecular flexibility index (Phi) is 4.58. The van der Waals surface area contributed by atoms with Crippen molar-refractivity contribution in [2.75, 3.05) is 0 Å². The molecule has 2 atom stereocenters. The minimum absolute atomic E-state index is 0.0411. The summed E-state index contributed by atoms with van der Waals surface area (Å²) in [7, 11) is 0. The second-order valence-corrected chi connectivity index (χ2v) is 6.36. The van der Waals surface area contributed by atoms with E-state index in [0.29, 0.717) is 5.56 Å². The van der Waals surface area contributed by atoms with Crippen molar-refractivity contribution in [2.45, 2.75) is 18.5 Å². The largest absolute Gasteiger partial charge is 0.508 e. The first-order valence-electron chi connectivity index (χ1n) is 8.60. The van der Waals surface area contributed by atoms with Crippen LogP contribution in [-0.2, 0) is 0 Å². The Morgan fingerprint density at radius 3 is 1.58 bits per heavy atom. The maximum absolute atomic E-state index is 10.3. The summed E-state index contributed by atoms with van der Waals surface area (Å²) < 4.78 is 0. The summed E-state index contributed by atoms with van der Waals surface area (Å²) in [6.45, 7) is 0. The lowest BCUT2D eigenvalue weighted by Crippen LogP contribution is -2.54. The van der Waals surface area contributed by atoms with E-state index < -0.39 is 0 Å². The Bertz CT molecular complexity index is 823. The van der Waals surface area contributed by atoms with Crippen molar-refractivity contribution < 1.29 is 10.2 Å². The van der Waals surface area contributed by atoms with Crippen LogP contribution in [0.15, 0.2) is 78.9 Å². The first-order valence-corrected chi connectivity index (χ1v) is 8.60. The normalized spacial score (nSPS) is 22.8. The van der Waals surface area contributed by atoms with E-state index in [1.807, 2.05) is 36.4 Å². The van der Waals surface area contributed by atoms with Crippen LogP contribution in [-0.4, -0.2) is 10.2 Å². The summed E-state index contributed by atoms with van der Waals surface area (Å²) >= 11 is 0. The first-order chi connectivity index (χ1) is 12.7. The van der Waals surface area contributed by atoms with Crippen molar-refractivity contribution in [2.24, 2.45) is 0 Å². The molecule has 1 saturated heterocycles. The van der Waals surface area contributed by atoms with Crippen LogP contribution in [0.3, 0.4) is 0 Å². The van der Waals surface area contributed by atoms with Gasteiger partial charge in [-0.05, 0) is 23.3 Å². The van der Waals surface area contributed by atoms with E-state index in [1.54, 1.807) is 12.1 Å². The molecular formula is C21H21N3O2. The first kappa shape index (κ1) is 16.6. The third-order valence-corrected chi connectivity index (χ3v) is 4.59. The van der Waals surface area contributed by atoms with E-state index in [0.717, 1.165) is 11.1 Å². The lowest BCUT2D eigenvalue weighted by molar-refractivity contribution is 0.200. The zero-order chi connectivity index (χ0) is 17.9. The van der Waals surface area contributed by atoms with Crippen LogP contribution < -0.4 is 16.0 Å². The number of phenols is 2. The topological polar surface area (TPSA) is 76.5 Å². The van der Waals surface area contributed by atoms with Crippen LogP contribution in [0.5, 0.6) is 11.5 Å². The quantitative estimate of drug-likeness (QED) is 0.503. The molecule has 0 amide bonds. The molecule has 0 radical (unpaired) electrons. The van der Waals surface area contributed by atoms with Crippen LogP contribution in [0.2, 0.25) is 0 Å². The fourth-order valence-electron chi connectivity index (χ4n) is 3.28. The predicted molar refractivity (Wildman–Crippen MR) is 100 cm³/mol. The smallest absolute Gasteiger partial charge is 0.125 e. The van der Waals surface area contributed by atoms with Crippen LogP contribution in [0.4, 0.5) is 0 Å². The molecule has 2 unspecified atom stereocenters. The fourth-order valence-corrected chi connectivity index (χ4v) is 3.28. The number of hydrogen-bond acceptors (Lipinski definition) is 5. The maximum Gasteiger partial charge on any atom is 0.125 e. The molecule has 5 heteroatoms. The Morgan fingerprint density at radius 1 is 0.577 bits per heavy atom. The van der Waals surface area contributed by atoms with Gasteiger partial charge >= 0.3 is 0 Å². The predicted octanol–water partition coefficient (Wildman–Crippen LogP) is 3.28. The Morgan fingerprint density at radius 2 is 1.08 bits per heavy atom. The van der Waals surface area contributed by atoms with E-state index in [9.17, 15) is 10.2 Å². The van der Waals surface area contributed by atoms with Gasteiger partial charge < -0.3 is 10.2 Å². The Balaban J connectivity index is 1.69. The van der Waals surface area contributed by atoms with E-state index in [2.05, 4.69) is 40.2 Å². The highest BCUT2D eigenvalue weighted by atomic mass is 16.3. The minimum Gasteiger partial charge on any atom is -0.508 e. The monoisotopic (exact) mass is 347 g/mol. The summed E-state index contributed by atoms with van der Waals surface area (Å²) in [5.41, 5.74) is 2.91. The molecule has 1 aliphatic rings. The summed E-state index contributed by atoms with van der Waals surface area (Å²) in [5, 5.41) is 30.4. The lowest BCUT2D eigenvalue weighted by Gasteiger charge is -2.39. The molecule has 0 spiro atoms. The third kappa shape index (κ3) is 3.41. The molecule has 26 heavy (non-hydrogen) atoms. The van der Waals surface area contributed by atoms with Gasteiger partial charge in [0, 0.05) is 11.6 Å². The molecule has 0 saturated carbocycles. The molecule has 3 aromatic carbocycles. The molecule has 4 rings (SSSR count). The van der Waals surface area contributed by atoms with Crippen LogP contribution in [0.1, 0.15) is 35.2 Å². The average Bonchev–Trinajstić information content (AvgIpc) is 2.69. The van der Waals surface area contributed by atoms with Crippen molar-refractivity contribution >= 4 is 0 Å². The van der Waals surface area contributed by atoms with Crippen molar-refractivity contribution in [3.8, 4) is 11.5 Å². The summed E-state index contributed by atoms with van der Waals surface area (Å²) in [6, 6.07) is 24.9. The zero-order valence-corrected chi connectivity index (χ0v) is 14.1. The highest BCUT2D eigenvalue weighted by molar-refractivity contribution is 5.41. The summed E-state index contributed by atoms with van der Waals surface area (Å²) in [6.07, 6.45) is -0.478. The minimum atomic E-state index is -0.285. The van der Waals surface area contributed by atoms with Crippen molar-refractivity contribution in [1.82, 2.24) is 16.0 Å². The van der Waals surface area contributed by atoms with E-state index in [1.165, 1.54) is 6.07 Å². The second-order valence-electron chi connectivity index (χ2n) is 6.36. The number of hydrogen-bond donors (Lipinski definition) is 5. The number of phenolic OH excluding ortho intramolecular Hbond substituents is 2. The lowest BCUT2D eigenvalue weighted by atomic mass is 10.0. The van der Waals surface area contributed by atoms with E-state index in [4.69, 9.17) is 0 Å². The van der Waals surface area contributed by atoms with Crippen molar-refractivity contribution in [1.29, 1.82) is 0 Å². The maximum atomic E-state index is 10.3.